The van der Waals surface area contributed by atoms with E-state index in [1.807, 2.05) is 0 Å². The summed E-state index contributed by atoms with van der Waals surface area (Å²) in [6.07, 6.45) is 4.30. The topological polar surface area (TPSA) is 3.24 Å². The first-order chi connectivity index (χ1) is 4.79. The normalized spacial score (nSPS) is 15.7. The van der Waals surface area contributed by atoms with Crippen LogP contribution in [-0.4, -0.2) is 18.0 Å². The minimum absolute atomic E-state index is 0.487. The standard InChI is InChI=1S/C9H13N/c1-9(2)5-8-10-6-3-4-7-10/h3-4,9H,6-7H2,1-2H3. The average Bonchev–Trinajstić information content (AvgIpc) is 2.34. The third kappa shape index (κ3) is 2.14. The van der Waals surface area contributed by atoms with E-state index < -0.39 is 0 Å². The smallest absolute Gasteiger partial charge is 0.0445 e. The summed E-state index contributed by atoms with van der Waals surface area (Å²) in [5.74, 6) is 3.61. The summed E-state index contributed by atoms with van der Waals surface area (Å²) >= 11 is 0. The molecule has 0 amide bonds. The lowest BCUT2D eigenvalue weighted by molar-refractivity contribution is 0.515. The molecule has 0 aliphatic carbocycles. The van der Waals surface area contributed by atoms with Gasteiger partial charge in [0.1, 0.15) is 0 Å². The van der Waals surface area contributed by atoms with Crippen LogP contribution in [0.1, 0.15) is 13.8 Å². The number of hydrogen-bond acceptors (Lipinski definition) is 1. The van der Waals surface area contributed by atoms with E-state index in [1.165, 1.54) is 0 Å². The molecule has 0 unspecified atom stereocenters. The van der Waals surface area contributed by atoms with Crippen molar-refractivity contribution in [1.29, 1.82) is 0 Å². The Morgan fingerprint density at radius 3 is 2.40 bits per heavy atom. The van der Waals surface area contributed by atoms with Gasteiger partial charge in [-0.25, -0.2) is 0 Å². The Morgan fingerprint density at radius 2 is 1.90 bits per heavy atom. The maximum absolute atomic E-state index is 3.12. The zero-order chi connectivity index (χ0) is 7.40. The van der Waals surface area contributed by atoms with Crippen molar-refractivity contribution in [3.8, 4) is 12.0 Å². The van der Waals surface area contributed by atoms with Crippen LogP contribution in [0.2, 0.25) is 0 Å². The molecule has 0 atom stereocenters. The van der Waals surface area contributed by atoms with Crippen LogP contribution in [-0.2, 0) is 0 Å². The first-order valence-corrected chi connectivity index (χ1v) is 3.70. The van der Waals surface area contributed by atoms with Gasteiger partial charge in [-0.2, -0.15) is 0 Å². The molecule has 0 saturated carbocycles. The molecule has 1 heteroatoms. The zero-order valence-electron chi connectivity index (χ0n) is 6.59. The molecule has 10 heavy (non-hydrogen) atoms. The molecule has 0 spiro atoms. The van der Waals surface area contributed by atoms with Crippen LogP contribution in [0.3, 0.4) is 0 Å². The van der Waals surface area contributed by atoms with Crippen LogP contribution in [0, 0.1) is 17.9 Å². The van der Waals surface area contributed by atoms with Gasteiger partial charge in [-0.3, -0.25) is 0 Å². The number of rotatable bonds is 0. The highest BCUT2D eigenvalue weighted by molar-refractivity contribution is 5.08. The van der Waals surface area contributed by atoms with Gasteiger partial charge in [0, 0.05) is 25.1 Å². The maximum Gasteiger partial charge on any atom is 0.0445 e. The second-order valence-electron chi connectivity index (χ2n) is 2.79. The second-order valence-corrected chi connectivity index (χ2v) is 2.79. The lowest BCUT2D eigenvalue weighted by atomic mass is 10.2. The monoisotopic (exact) mass is 135 g/mol. The van der Waals surface area contributed by atoms with Gasteiger partial charge in [-0.1, -0.05) is 31.9 Å². The summed E-state index contributed by atoms with van der Waals surface area (Å²) in [5, 5.41) is 0. The molecular formula is C9H13N. The van der Waals surface area contributed by atoms with Crippen molar-refractivity contribution in [2.45, 2.75) is 13.8 Å². The Hall–Kier alpha value is -0.900. The minimum atomic E-state index is 0.487. The van der Waals surface area contributed by atoms with Crippen LogP contribution in [0.4, 0.5) is 0 Å². The Bertz CT molecular complexity index is 173. The predicted octanol–water partition coefficient (Wildman–Crippen LogP) is 1.48. The Balaban J connectivity index is 2.33. The van der Waals surface area contributed by atoms with E-state index in [2.05, 4.69) is 42.9 Å². The summed E-state index contributed by atoms with van der Waals surface area (Å²) in [6, 6.07) is 3.10. The molecule has 0 radical (unpaired) electrons. The zero-order valence-corrected chi connectivity index (χ0v) is 6.59. The highest BCUT2D eigenvalue weighted by Crippen LogP contribution is 1.96. The predicted molar refractivity (Wildman–Crippen MR) is 43.3 cm³/mol. The summed E-state index contributed by atoms with van der Waals surface area (Å²) in [6.45, 7) is 6.21. The highest BCUT2D eigenvalue weighted by Gasteiger charge is 1.98. The largest absolute Gasteiger partial charge is 0.325 e. The molecule has 0 aromatic rings. The Labute approximate surface area is 62.7 Å². The van der Waals surface area contributed by atoms with Crippen molar-refractivity contribution in [2.24, 2.45) is 5.92 Å². The molecule has 54 valence electrons. The molecule has 1 rings (SSSR count). The van der Waals surface area contributed by atoms with Gasteiger partial charge in [0.15, 0.2) is 0 Å². The first-order valence-electron chi connectivity index (χ1n) is 3.70. The lowest BCUT2D eigenvalue weighted by Gasteiger charge is -2.05. The highest BCUT2D eigenvalue weighted by atomic mass is 15.1. The number of hydrogen-bond donors (Lipinski definition) is 0. The maximum atomic E-state index is 3.12. The van der Waals surface area contributed by atoms with Gasteiger partial charge < -0.3 is 4.90 Å². The lowest BCUT2D eigenvalue weighted by Crippen LogP contribution is -2.12. The van der Waals surface area contributed by atoms with Gasteiger partial charge in [0.25, 0.3) is 0 Å². The average molecular weight is 135 g/mol. The quantitative estimate of drug-likeness (QED) is 0.359. The summed E-state index contributed by atoms with van der Waals surface area (Å²) in [4.78, 5) is 2.11. The third-order valence-corrected chi connectivity index (χ3v) is 1.33. The summed E-state index contributed by atoms with van der Waals surface area (Å²) in [7, 11) is 0. The van der Waals surface area contributed by atoms with E-state index in [-0.39, 0.29) is 0 Å². The fourth-order valence-electron chi connectivity index (χ4n) is 0.790. The summed E-state index contributed by atoms with van der Waals surface area (Å²) < 4.78 is 0. The van der Waals surface area contributed by atoms with Crippen LogP contribution >= 0.6 is 0 Å². The van der Waals surface area contributed by atoms with Crippen molar-refractivity contribution in [3.05, 3.63) is 12.2 Å². The molecule has 0 aromatic heterocycles. The van der Waals surface area contributed by atoms with Crippen molar-refractivity contribution in [1.82, 2.24) is 4.90 Å². The Morgan fingerprint density at radius 1 is 1.30 bits per heavy atom. The third-order valence-electron chi connectivity index (χ3n) is 1.33. The van der Waals surface area contributed by atoms with Gasteiger partial charge in [0.2, 0.25) is 0 Å². The molecule has 1 aliphatic rings. The first kappa shape index (κ1) is 7.21. The van der Waals surface area contributed by atoms with E-state index in [1.54, 1.807) is 0 Å². The van der Waals surface area contributed by atoms with Crippen molar-refractivity contribution < 1.29 is 0 Å². The molecular weight excluding hydrogens is 122 g/mol. The molecule has 1 nitrogen and oxygen atoms in total. The minimum Gasteiger partial charge on any atom is -0.325 e. The fourth-order valence-corrected chi connectivity index (χ4v) is 0.790. The molecule has 1 heterocycles. The van der Waals surface area contributed by atoms with E-state index >= 15 is 0 Å². The number of nitrogens with zero attached hydrogens (tertiary/aromatic N) is 1. The van der Waals surface area contributed by atoms with Gasteiger partial charge in [-0.05, 0) is 0 Å². The SMILES string of the molecule is CC(C)C#CN1CC=CC1. The van der Waals surface area contributed by atoms with Gasteiger partial charge >= 0.3 is 0 Å². The van der Waals surface area contributed by atoms with Crippen LogP contribution < -0.4 is 0 Å². The second kappa shape index (κ2) is 3.31. The molecule has 0 saturated heterocycles. The van der Waals surface area contributed by atoms with Crippen molar-refractivity contribution in [2.75, 3.05) is 13.1 Å². The van der Waals surface area contributed by atoms with Crippen molar-refractivity contribution >= 4 is 0 Å². The molecule has 0 bridgehead atoms. The molecule has 0 N–H and O–H groups in total. The molecule has 0 aromatic carbocycles. The fraction of sp³-hybridized carbons (Fsp3) is 0.556. The van der Waals surface area contributed by atoms with E-state index in [9.17, 15) is 0 Å². The summed E-state index contributed by atoms with van der Waals surface area (Å²) in [5.41, 5.74) is 0. The van der Waals surface area contributed by atoms with E-state index in [0.717, 1.165) is 13.1 Å². The molecule has 0 fully saturated rings. The van der Waals surface area contributed by atoms with Crippen LogP contribution in [0.15, 0.2) is 12.2 Å². The van der Waals surface area contributed by atoms with Crippen LogP contribution in [0.5, 0.6) is 0 Å². The Kier molecular flexibility index (Phi) is 2.39. The van der Waals surface area contributed by atoms with Crippen molar-refractivity contribution in [3.63, 3.8) is 0 Å². The van der Waals surface area contributed by atoms with E-state index in [4.69, 9.17) is 0 Å². The molecule has 1 aliphatic heterocycles. The van der Waals surface area contributed by atoms with Gasteiger partial charge in [0.05, 0.1) is 0 Å². The van der Waals surface area contributed by atoms with E-state index in [0.29, 0.717) is 5.92 Å². The van der Waals surface area contributed by atoms with Crippen LogP contribution in [0.25, 0.3) is 0 Å². The van der Waals surface area contributed by atoms with Gasteiger partial charge in [-0.15, -0.1) is 0 Å².